The van der Waals surface area contributed by atoms with E-state index in [9.17, 15) is 13.6 Å². The average molecular weight is 272 g/mol. The number of hydrogen-bond donors (Lipinski definition) is 2. The summed E-state index contributed by atoms with van der Waals surface area (Å²) < 4.78 is 26.2. The van der Waals surface area contributed by atoms with Gasteiger partial charge in [0.05, 0.1) is 10.4 Å². The zero-order chi connectivity index (χ0) is 13.9. The van der Waals surface area contributed by atoms with Gasteiger partial charge in [-0.2, -0.15) is 0 Å². The quantitative estimate of drug-likeness (QED) is 0.823. The number of nitrogens with one attached hydrogen (secondary N) is 1. The van der Waals surface area contributed by atoms with Gasteiger partial charge in [-0.15, -0.1) is 0 Å². The molecule has 1 aromatic rings. The highest BCUT2D eigenvalue weighted by Gasteiger charge is 2.30. The largest absolute Gasteiger partial charge is 0.392 e. The van der Waals surface area contributed by atoms with E-state index in [1.165, 1.54) is 0 Å². The maximum absolute atomic E-state index is 13.3. The lowest BCUT2D eigenvalue weighted by molar-refractivity contribution is -0.126. The first-order valence-corrected chi connectivity index (χ1v) is 5.68. The number of carbonyl (C=O) groups is 1. The van der Waals surface area contributed by atoms with Crippen LogP contribution >= 0.6 is 12.2 Å². The summed E-state index contributed by atoms with van der Waals surface area (Å²) in [7, 11) is 0. The lowest BCUT2D eigenvalue weighted by atomic mass is 9.92. The molecule has 0 heterocycles. The maximum Gasteiger partial charge on any atom is 0.232 e. The molecule has 0 aliphatic rings. The second-order valence-electron chi connectivity index (χ2n) is 4.41. The van der Waals surface area contributed by atoms with Crippen LogP contribution in [0.25, 0.3) is 0 Å². The molecule has 1 rings (SSSR count). The first kappa shape index (κ1) is 14.5. The molecule has 1 amide bonds. The van der Waals surface area contributed by atoms with Gasteiger partial charge in [-0.3, -0.25) is 4.79 Å². The summed E-state index contributed by atoms with van der Waals surface area (Å²) in [6.07, 6.45) is 0. The van der Waals surface area contributed by atoms with Crippen molar-refractivity contribution < 1.29 is 13.6 Å². The van der Waals surface area contributed by atoms with Crippen LogP contribution in [-0.2, 0) is 11.3 Å². The van der Waals surface area contributed by atoms with Crippen LogP contribution in [0.2, 0.25) is 0 Å². The summed E-state index contributed by atoms with van der Waals surface area (Å²) in [5, 5.41) is 2.48. The molecule has 0 saturated heterocycles. The van der Waals surface area contributed by atoms with Crippen LogP contribution in [0.5, 0.6) is 0 Å². The number of carbonyl (C=O) groups excluding carboxylic acids is 1. The van der Waals surface area contributed by atoms with E-state index < -0.39 is 23.0 Å². The number of hydrogen-bond acceptors (Lipinski definition) is 2. The first-order valence-electron chi connectivity index (χ1n) is 5.27. The molecule has 0 fully saturated rings. The molecule has 1 aromatic carbocycles. The van der Waals surface area contributed by atoms with Crippen molar-refractivity contribution in [3.63, 3.8) is 0 Å². The second-order valence-corrected chi connectivity index (χ2v) is 4.85. The van der Waals surface area contributed by atoms with E-state index in [1.807, 2.05) is 0 Å². The van der Waals surface area contributed by atoms with Gasteiger partial charge in [-0.1, -0.05) is 12.2 Å². The SMILES string of the molecule is CC(C)(C(=O)NCc1cc(F)ccc1F)C(N)=S. The Labute approximate surface area is 109 Å². The molecule has 0 unspecified atom stereocenters. The standard InChI is InChI=1S/C12H14F2N2OS/c1-12(2,10(15)18)11(17)16-6-7-5-8(13)3-4-9(7)14/h3-5H,6H2,1-2H3,(H2,15,18)(H,16,17). The summed E-state index contributed by atoms with van der Waals surface area (Å²) in [6.45, 7) is 3.01. The Kier molecular flexibility index (Phi) is 4.34. The highest BCUT2D eigenvalue weighted by Crippen LogP contribution is 2.16. The summed E-state index contributed by atoms with van der Waals surface area (Å²) in [4.78, 5) is 11.8. The fourth-order valence-corrected chi connectivity index (χ4v) is 1.28. The highest BCUT2D eigenvalue weighted by molar-refractivity contribution is 7.80. The summed E-state index contributed by atoms with van der Waals surface area (Å²) in [5.41, 5.74) is 4.47. The predicted octanol–water partition coefficient (Wildman–Crippen LogP) is 1.89. The number of amides is 1. The molecule has 3 N–H and O–H groups in total. The smallest absolute Gasteiger partial charge is 0.232 e. The third-order valence-corrected chi connectivity index (χ3v) is 3.14. The van der Waals surface area contributed by atoms with Crippen LogP contribution < -0.4 is 11.1 Å². The highest BCUT2D eigenvalue weighted by atomic mass is 32.1. The van der Waals surface area contributed by atoms with Crippen molar-refractivity contribution in [3.05, 3.63) is 35.4 Å². The van der Waals surface area contributed by atoms with Crippen molar-refractivity contribution in [1.29, 1.82) is 0 Å². The van der Waals surface area contributed by atoms with Crippen LogP contribution in [-0.4, -0.2) is 10.9 Å². The predicted molar refractivity (Wildman–Crippen MR) is 68.8 cm³/mol. The Bertz CT molecular complexity index is 489. The number of thiocarbonyl (C=S) groups is 1. The van der Waals surface area contributed by atoms with Gasteiger partial charge in [0.2, 0.25) is 5.91 Å². The third-order valence-electron chi connectivity index (χ3n) is 2.63. The minimum Gasteiger partial charge on any atom is -0.392 e. The van der Waals surface area contributed by atoms with Gasteiger partial charge in [-0.25, -0.2) is 8.78 Å². The lowest BCUT2D eigenvalue weighted by Gasteiger charge is -2.22. The van der Waals surface area contributed by atoms with Gasteiger partial charge in [0.25, 0.3) is 0 Å². The van der Waals surface area contributed by atoms with Crippen LogP contribution in [0, 0.1) is 17.0 Å². The Morgan fingerprint density at radius 2 is 2.06 bits per heavy atom. The van der Waals surface area contributed by atoms with Crippen LogP contribution in [0.15, 0.2) is 18.2 Å². The van der Waals surface area contributed by atoms with Gasteiger partial charge in [0.15, 0.2) is 0 Å². The van der Waals surface area contributed by atoms with Crippen molar-refractivity contribution in [2.75, 3.05) is 0 Å². The Morgan fingerprint density at radius 3 is 2.61 bits per heavy atom. The molecule has 0 spiro atoms. The molecular weight excluding hydrogens is 258 g/mol. The van der Waals surface area contributed by atoms with Crippen molar-refractivity contribution in [2.24, 2.45) is 11.1 Å². The Hall–Kier alpha value is -1.56. The molecule has 0 bridgehead atoms. The van der Waals surface area contributed by atoms with Crippen LogP contribution in [0.3, 0.4) is 0 Å². The molecule has 0 radical (unpaired) electrons. The minimum atomic E-state index is -1.03. The Morgan fingerprint density at radius 1 is 1.44 bits per heavy atom. The van der Waals surface area contributed by atoms with E-state index in [2.05, 4.69) is 5.32 Å². The molecule has 98 valence electrons. The van der Waals surface area contributed by atoms with Gasteiger partial charge in [-0.05, 0) is 32.0 Å². The molecule has 6 heteroatoms. The van der Waals surface area contributed by atoms with E-state index in [4.69, 9.17) is 18.0 Å². The number of halogens is 2. The summed E-state index contributed by atoms with van der Waals surface area (Å²) >= 11 is 4.77. The fourth-order valence-electron chi connectivity index (χ4n) is 1.19. The average Bonchev–Trinajstić information content (AvgIpc) is 2.29. The number of nitrogens with two attached hydrogens (primary N) is 1. The summed E-state index contributed by atoms with van der Waals surface area (Å²) in [6, 6.07) is 3.05. The third kappa shape index (κ3) is 3.22. The van der Waals surface area contributed by atoms with Crippen LogP contribution in [0.4, 0.5) is 8.78 Å². The van der Waals surface area contributed by atoms with Gasteiger partial charge in [0.1, 0.15) is 11.6 Å². The Balaban J connectivity index is 2.74. The fraction of sp³-hybridized carbons (Fsp3) is 0.333. The molecule has 3 nitrogen and oxygen atoms in total. The molecule has 18 heavy (non-hydrogen) atoms. The topological polar surface area (TPSA) is 55.1 Å². The van der Waals surface area contributed by atoms with Gasteiger partial charge >= 0.3 is 0 Å². The van der Waals surface area contributed by atoms with Crippen molar-refractivity contribution in [2.45, 2.75) is 20.4 Å². The molecule has 0 atom stereocenters. The zero-order valence-electron chi connectivity index (χ0n) is 10.1. The summed E-state index contributed by atoms with van der Waals surface area (Å²) in [5.74, 6) is -1.57. The normalized spacial score (nSPS) is 11.1. The van der Waals surface area contributed by atoms with E-state index in [-0.39, 0.29) is 17.1 Å². The molecule has 0 aliphatic carbocycles. The van der Waals surface area contributed by atoms with Gasteiger partial charge < -0.3 is 11.1 Å². The lowest BCUT2D eigenvalue weighted by Crippen LogP contribution is -2.44. The second kappa shape index (κ2) is 5.39. The van der Waals surface area contributed by atoms with Crippen LogP contribution in [0.1, 0.15) is 19.4 Å². The molecule has 0 aromatic heterocycles. The van der Waals surface area contributed by atoms with Crippen molar-refractivity contribution in [1.82, 2.24) is 5.32 Å². The monoisotopic (exact) mass is 272 g/mol. The van der Waals surface area contributed by atoms with E-state index in [0.29, 0.717) is 0 Å². The van der Waals surface area contributed by atoms with E-state index >= 15 is 0 Å². The van der Waals surface area contributed by atoms with E-state index in [1.54, 1.807) is 13.8 Å². The zero-order valence-corrected chi connectivity index (χ0v) is 10.9. The van der Waals surface area contributed by atoms with Gasteiger partial charge in [0, 0.05) is 12.1 Å². The van der Waals surface area contributed by atoms with E-state index in [0.717, 1.165) is 18.2 Å². The maximum atomic E-state index is 13.3. The van der Waals surface area contributed by atoms with Crippen molar-refractivity contribution in [3.8, 4) is 0 Å². The molecule has 0 aliphatic heterocycles. The van der Waals surface area contributed by atoms with Crippen molar-refractivity contribution >= 4 is 23.1 Å². The molecular formula is C12H14F2N2OS. The minimum absolute atomic E-state index is 0.0414. The first-order chi connectivity index (χ1) is 8.25. The number of benzene rings is 1. The molecule has 0 saturated carbocycles. The number of rotatable bonds is 4.